The second-order valence-corrected chi connectivity index (χ2v) is 4.72. The van der Waals surface area contributed by atoms with Crippen LogP contribution in [-0.4, -0.2) is 5.71 Å². The molecule has 17 heavy (non-hydrogen) atoms. The molecule has 3 heteroatoms. The molecule has 0 saturated heterocycles. The van der Waals surface area contributed by atoms with Crippen LogP contribution in [0, 0.1) is 5.41 Å². The van der Waals surface area contributed by atoms with Gasteiger partial charge in [0.25, 0.3) is 0 Å². The summed E-state index contributed by atoms with van der Waals surface area (Å²) in [5.41, 5.74) is 8.32. The first-order valence-corrected chi connectivity index (χ1v) is 6.12. The molecule has 2 aromatic carbocycles. The van der Waals surface area contributed by atoms with Gasteiger partial charge >= 0.3 is 0 Å². The molecule has 1 unspecified atom stereocenters. The molecule has 0 aliphatic rings. The summed E-state index contributed by atoms with van der Waals surface area (Å²) < 4.78 is 1.00. The molecule has 0 aromatic heterocycles. The molecule has 0 aliphatic carbocycles. The highest BCUT2D eigenvalue weighted by molar-refractivity contribution is 9.10. The van der Waals surface area contributed by atoms with Crippen LogP contribution in [0.5, 0.6) is 0 Å². The summed E-state index contributed by atoms with van der Waals surface area (Å²) in [4.78, 5) is 0. The van der Waals surface area contributed by atoms with Gasteiger partial charge in [-0.3, -0.25) is 0 Å². The van der Waals surface area contributed by atoms with Crippen molar-refractivity contribution in [3.05, 3.63) is 70.2 Å². The molecule has 0 amide bonds. The Balaban J connectivity index is 2.23. The summed E-state index contributed by atoms with van der Waals surface area (Å²) in [6.07, 6.45) is 0. The molecule has 2 rings (SSSR count). The lowest BCUT2D eigenvalue weighted by Gasteiger charge is -2.13. The Morgan fingerprint density at radius 2 is 1.59 bits per heavy atom. The number of rotatable bonds is 3. The predicted molar refractivity (Wildman–Crippen MR) is 74.3 cm³/mol. The third kappa shape index (κ3) is 2.81. The number of hydrogen-bond acceptors (Lipinski definition) is 2. The number of nitrogens with two attached hydrogens (primary N) is 1. The molecule has 0 heterocycles. The highest BCUT2D eigenvalue weighted by Crippen LogP contribution is 2.17. The molecule has 0 fully saturated rings. The summed E-state index contributed by atoms with van der Waals surface area (Å²) in [7, 11) is 0. The maximum Gasteiger partial charge on any atom is 0.0725 e. The molecule has 0 spiro atoms. The Labute approximate surface area is 109 Å². The van der Waals surface area contributed by atoms with E-state index in [1.807, 2.05) is 54.6 Å². The average Bonchev–Trinajstić information content (AvgIpc) is 2.39. The monoisotopic (exact) mass is 288 g/mol. The summed E-state index contributed by atoms with van der Waals surface area (Å²) >= 11 is 3.37. The number of benzene rings is 2. The van der Waals surface area contributed by atoms with Crippen LogP contribution in [0.15, 0.2) is 59.1 Å². The van der Waals surface area contributed by atoms with Gasteiger partial charge in [0.05, 0.1) is 11.8 Å². The van der Waals surface area contributed by atoms with Crippen molar-refractivity contribution in [3.8, 4) is 0 Å². The zero-order valence-corrected chi connectivity index (χ0v) is 10.8. The Morgan fingerprint density at radius 3 is 2.18 bits per heavy atom. The lowest BCUT2D eigenvalue weighted by Crippen LogP contribution is -2.21. The Morgan fingerprint density at radius 1 is 1.00 bits per heavy atom. The van der Waals surface area contributed by atoms with E-state index < -0.39 is 0 Å². The van der Waals surface area contributed by atoms with Gasteiger partial charge in [0.2, 0.25) is 0 Å². The lowest BCUT2D eigenvalue weighted by atomic mass is 9.98. The first-order valence-electron chi connectivity index (χ1n) is 5.33. The summed E-state index contributed by atoms with van der Waals surface area (Å²) in [6, 6.07) is 17.0. The van der Waals surface area contributed by atoms with Crippen molar-refractivity contribution in [3.63, 3.8) is 0 Å². The van der Waals surface area contributed by atoms with Crippen LogP contribution in [0.3, 0.4) is 0 Å². The summed E-state index contributed by atoms with van der Waals surface area (Å²) in [6.45, 7) is 0. The van der Waals surface area contributed by atoms with Crippen LogP contribution >= 0.6 is 15.9 Å². The van der Waals surface area contributed by atoms with Gasteiger partial charge in [-0.05, 0) is 23.3 Å². The lowest BCUT2D eigenvalue weighted by molar-refractivity contribution is 0.951. The van der Waals surface area contributed by atoms with Crippen LogP contribution in [0.1, 0.15) is 17.2 Å². The van der Waals surface area contributed by atoms with Crippen LogP contribution in [0.2, 0.25) is 0 Å². The SMILES string of the molecule is N=C(c1ccc(Br)cc1)C(N)c1ccccc1. The van der Waals surface area contributed by atoms with E-state index in [0.29, 0.717) is 5.71 Å². The van der Waals surface area contributed by atoms with E-state index in [-0.39, 0.29) is 6.04 Å². The molecule has 1 atom stereocenters. The maximum atomic E-state index is 8.10. The smallest absolute Gasteiger partial charge is 0.0725 e. The van der Waals surface area contributed by atoms with Gasteiger partial charge in [0, 0.05) is 4.47 Å². The van der Waals surface area contributed by atoms with E-state index >= 15 is 0 Å². The van der Waals surface area contributed by atoms with Crippen molar-refractivity contribution in [2.75, 3.05) is 0 Å². The molecule has 2 aromatic rings. The standard InChI is InChI=1S/C14H13BrN2/c15-12-8-6-11(7-9-12)14(17)13(16)10-4-2-1-3-5-10/h1-9,13,17H,16H2. The van der Waals surface area contributed by atoms with E-state index in [0.717, 1.165) is 15.6 Å². The highest BCUT2D eigenvalue weighted by Gasteiger charge is 2.13. The van der Waals surface area contributed by atoms with Gasteiger partial charge in [0.1, 0.15) is 0 Å². The Bertz CT molecular complexity index is 506. The molecule has 0 radical (unpaired) electrons. The number of nitrogens with one attached hydrogen (secondary N) is 1. The summed E-state index contributed by atoms with van der Waals surface area (Å²) in [5.74, 6) is 0. The summed E-state index contributed by atoms with van der Waals surface area (Å²) in [5, 5.41) is 8.10. The van der Waals surface area contributed by atoms with Gasteiger partial charge in [-0.2, -0.15) is 0 Å². The van der Waals surface area contributed by atoms with Crippen LogP contribution < -0.4 is 5.73 Å². The van der Waals surface area contributed by atoms with E-state index in [1.54, 1.807) is 0 Å². The molecule has 3 N–H and O–H groups in total. The van der Waals surface area contributed by atoms with Crippen molar-refractivity contribution in [2.24, 2.45) is 5.73 Å². The number of hydrogen-bond donors (Lipinski definition) is 2. The Kier molecular flexibility index (Phi) is 3.71. The zero-order chi connectivity index (χ0) is 12.3. The molecule has 0 saturated carbocycles. The second-order valence-electron chi connectivity index (χ2n) is 3.81. The minimum atomic E-state index is -0.377. The van der Waals surface area contributed by atoms with Crippen molar-refractivity contribution < 1.29 is 0 Å². The van der Waals surface area contributed by atoms with Gasteiger partial charge in [-0.25, -0.2) is 0 Å². The topological polar surface area (TPSA) is 49.9 Å². The van der Waals surface area contributed by atoms with E-state index in [9.17, 15) is 0 Å². The molecular formula is C14H13BrN2. The van der Waals surface area contributed by atoms with Gasteiger partial charge < -0.3 is 11.1 Å². The van der Waals surface area contributed by atoms with E-state index in [2.05, 4.69) is 15.9 Å². The third-order valence-corrected chi connectivity index (χ3v) is 3.15. The van der Waals surface area contributed by atoms with Crippen molar-refractivity contribution in [1.82, 2.24) is 0 Å². The van der Waals surface area contributed by atoms with E-state index in [4.69, 9.17) is 11.1 Å². The molecule has 0 aliphatic heterocycles. The minimum absolute atomic E-state index is 0.377. The van der Waals surface area contributed by atoms with Crippen LogP contribution in [-0.2, 0) is 0 Å². The first-order chi connectivity index (χ1) is 8.18. The fraction of sp³-hybridized carbons (Fsp3) is 0.0714. The predicted octanol–water partition coefficient (Wildman–Crippen LogP) is 3.52. The van der Waals surface area contributed by atoms with Gasteiger partial charge in [-0.15, -0.1) is 0 Å². The normalized spacial score (nSPS) is 12.1. The third-order valence-electron chi connectivity index (χ3n) is 2.62. The van der Waals surface area contributed by atoms with E-state index in [1.165, 1.54) is 0 Å². The molecular weight excluding hydrogens is 276 g/mol. The van der Waals surface area contributed by atoms with Crippen molar-refractivity contribution in [1.29, 1.82) is 5.41 Å². The largest absolute Gasteiger partial charge is 0.319 e. The van der Waals surface area contributed by atoms with Crippen molar-refractivity contribution >= 4 is 21.6 Å². The fourth-order valence-corrected chi connectivity index (χ4v) is 1.90. The number of halogens is 1. The molecule has 0 bridgehead atoms. The fourth-order valence-electron chi connectivity index (χ4n) is 1.64. The van der Waals surface area contributed by atoms with Gasteiger partial charge in [-0.1, -0.05) is 58.4 Å². The van der Waals surface area contributed by atoms with Crippen LogP contribution in [0.25, 0.3) is 0 Å². The zero-order valence-electron chi connectivity index (χ0n) is 9.23. The average molecular weight is 289 g/mol. The van der Waals surface area contributed by atoms with Crippen LogP contribution in [0.4, 0.5) is 0 Å². The van der Waals surface area contributed by atoms with Gasteiger partial charge in [0.15, 0.2) is 0 Å². The highest BCUT2D eigenvalue weighted by atomic mass is 79.9. The quantitative estimate of drug-likeness (QED) is 0.834. The molecule has 2 nitrogen and oxygen atoms in total. The van der Waals surface area contributed by atoms with Crippen molar-refractivity contribution in [2.45, 2.75) is 6.04 Å². The molecule has 86 valence electrons. The first kappa shape index (κ1) is 12.0. The Hall–Kier alpha value is -1.45. The second kappa shape index (κ2) is 5.25. The maximum absolute atomic E-state index is 8.10. The minimum Gasteiger partial charge on any atom is -0.319 e.